The van der Waals surface area contributed by atoms with E-state index < -0.39 is 5.41 Å². The first kappa shape index (κ1) is 16.0. The summed E-state index contributed by atoms with van der Waals surface area (Å²) in [6.07, 6.45) is 3.00. The number of carbonyl (C=O) groups excluding carboxylic acids is 1. The molecule has 1 aromatic heterocycles. The van der Waals surface area contributed by atoms with Crippen LogP contribution in [0.5, 0.6) is 0 Å². The van der Waals surface area contributed by atoms with Gasteiger partial charge in [0.05, 0.1) is 10.4 Å². The van der Waals surface area contributed by atoms with E-state index in [4.69, 9.17) is 18.0 Å². The highest BCUT2D eigenvalue weighted by Gasteiger charge is 2.40. The van der Waals surface area contributed by atoms with E-state index in [-0.39, 0.29) is 10.9 Å². The maximum absolute atomic E-state index is 12.5. The van der Waals surface area contributed by atoms with Crippen molar-refractivity contribution in [3.05, 3.63) is 5.01 Å². The van der Waals surface area contributed by atoms with Crippen molar-refractivity contribution in [2.24, 2.45) is 11.1 Å². The quantitative estimate of drug-likeness (QED) is 0.757. The fourth-order valence-corrected chi connectivity index (χ4v) is 3.01. The smallest absolute Gasteiger partial charge is 0.239 e. The average Bonchev–Trinajstić information content (AvgIpc) is 2.73. The summed E-state index contributed by atoms with van der Waals surface area (Å²) in [5.41, 5.74) is 5.06. The summed E-state index contributed by atoms with van der Waals surface area (Å²) in [6.45, 7) is 5.88. The Balaban J connectivity index is 2.95. The molecule has 0 aromatic carbocycles. The molecule has 0 saturated carbocycles. The molecule has 0 aliphatic carbocycles. The van der Waals surface area contributed by atoms with Gasteiger partial charge < -0.3 is 5.73 Å². The van der Waals surface area contributed by atoms with Crippen LogP contribution in [-0.4, -0.2) is 21.1 Å². The Labute approximate surface area is 123 Å². The van der Waals surface area contributed by atoms with Crippen LogP contribution < -0.4 is 11.1 Å². The van der Waals surface area contributed by atoms with Gasteiger partial charge in [0, 0.05) is 0 Å². The lowest BCUT2D eigenvalue weighted by molar-refractivity contribution is -0.122. The van der Waals surface area contributed by atoms with Crippen LogP contribution >= 0.6 is 23.6 Å². The van der Waals surface area contributed by atoms with Gasteiger partial charge in [-0.25, -0.2) is 0 Å². The van der Waals surface area contributed by atoms with E-state index in [2.05, 4.69) is 15.5 Å². The Hall–Kier alpha value is -1.08. The Bertz CT molecular complexity index is 452. The second-order valence-electron chi connectivity index (χ2n) is 4.53. The van der Waals surface area contributed by atoms with Gasteiger partial charge in [0.1, 0.15) is 5.01 Å². The number of aryl methyl sites for hydroxylation is 1. The summed E-state index contributed by atoms with van der Waals surface area (Å²) in [6, 6.07) is 0. The Morgan fingerprint density at radius 3 is 2.32 bits per heavy atom. The molecule has 0 aliphatic heterocycles. The van der Waals surface area contributed by atoms with Crippen LogP contribution in [0.15, 0.2) is 0 Å². The lowest BCUT2D eigenvalue weighted by Gasteiger charge is -2.30. The maximum atomic E-state index is 12.5. The van der Waals surface area contributed by atoms with E-state index in [0.29, 0.717) is 18.0 Å². The largest absolute Gasteiger partial charge is 0.392 e. The predicted octanol–water partition coefficient (Wildman–Crippen LogP) is 2.66. The fraction of sp³-hybridized carbons (Fsp3) is 0.667. The molecule has 0 bridgehead atoms. The summed E-state index contributed by atoms with van der Waals surface area (Å²) >= 11 is 6.48. The van der Waals surface area contributed by atoms with Crippen LogP contribution in [0.2, 0.25) is 0 Å². The first-order chi connectivity index (χ1) is 8.96. The molecule has 0 radical (unpaired) electrons. The zero-order valence-corrected chi connectivity index (χ0v) is 13.2. The van der Waals surface area contributed by atoms with Gasteiger partial charge in [0.15, 0.2) is 0 Å². The molecule has 106 valence electrons. The van der Waals surface area contributed by atoms with E-state index in [1.54, 1.807) is 0 Å². The number of carbonyl (C=O) groups is 1. The molecule has 0 spiro atoms. The molecule has 0 saturated heterocycles. The number of nitrogens with one attached hydrogen (secondary N) is 1. The van der Waals surface area contributed by atoms with Gasteiger partial charge in [-0.05, 0) is 19.8 Å². The van der Waals surface area contributed by atoms with Crippen molar-refractivity contribution in [2.75, 3.05) is 5.32 Å². The van der Waals surface area contributed by atoms with Crippen molar-refractivity contribution in [3.8, 4) is 0 Å². The van der Waals surface area contributed by atoms with Crippen molar-refractivity contribution < 1.29 is 4.79 Å². The monoisotopic (exact) mass is 300 g/mol. The molecule has 1 rings (SSSR count). The van der Waals surface area contributed by atoms with Gasteiger partial charge in [-0.3, -0.25) is 10.1 Å². The Morgan fingerprint density at radius 1 is 1.37 bits per heavy atom. The van der Waals surface area contributed by atoms with Gasteiger partial charge >= 0.3 is 0 Å². The molecule has 0 fully saturated rings. The second-order valence-corrected chi connectivity index (χ2v) is 6.15. The molecule has 0 aliphatic rings. The molecule has 1 amide bonds. The number of hydrogen-bond donors (Lipinski definition) is 2. The number of amides is 1. The van der Waals surface area contributed by atoms with E-state index in [1.807, 2.05) is 20.8 Å². The summed E-state index contributed by atoms with van der Waals surface area (Å²) in [7, 11) is 0. The van der Waals surface area contributed by atoms with Crippen molar-refractivity contribution in [1.29, 1.82) is 0 Å². The van der Waals surface area contributed by atoms with Crippen molar-refractivity contribution >= 4 is 39.6 Å². The summed E-state index contributed by atoms with van der Waals surface area (Å²) in [5, 5.41) is 11.9. The van der Waals surface area contributed by atoms with Crippen molar-refractivity contribution in [1.82, 2.24) is 10.2 Å². The molecule has 5 nitrogen and oxygen atoms in total. The zero-order chi connectivity index (χ0) is 14.5. The number of hydrogen-bond acceptors (Lipinski definition) is 5. The molecule has 1 aromatic rings. The average molecular weight is 300 g/mol. The van der Waals surface area contributed by atoms with Crippen LogP contribution in [0.25, 0.3) is 0 Å². The van der Waals surface area contributed by atoms with Gasteiger partial charge in [0.25, 0.3) is 0 Å². The first-order valence-electron chi connectivity index (χ1n) is 6.37. The van der Waals surface area contributed by atoms with Gasteiger partial charge in [-0.2, -0.15) is 0 Å². The van der Waals surface area contributed by atoms with E-state index >= 15 is 0 Å². The van der Waals surface area contributed by atoms with Gasteiger partial charge in [-0.15, -0.1) is 10.2 Å². The zero-order valence-electron chi connectivity index (χ0n) is 11.5. The van der Waals surface area contributed by atoms with Gasteiger partial charge in [0.2, 0.25) is 11.0 Å². The summed E-state index contributed by atoms with van der Waals surface area (Å²) in [5.74, 6) is -0.167. The number of nitrogens with two attached hydrogens (primary N) is 1. The standard InChI is InChI=1S/C12H20N4OS2/c1-4-6-12(7-5-2,9(13)18)10(17)14-11-16-15-8(3)19-11/h4-7H2,1-3H3,(H2,13,18)(H,14,16,17). The molecule has 1 heterocycles. The first-order valence-corrected chi connectivity index (χ1v) is 7.60. The third-order valence-corrected chi connectivity index (χ3v) is 4.15. The maximum Gasteiger partial charge on any atom is 0.239 e. The number of thiocarbonyl (C=S) groups is 1. The molecular weight excluding hydrogens is 280 g/mol. The summed E-state index contributed by atoms with van der Waals surface area (Å²) in [4.78, 5) is 12.8. The molecule has 7 heteroatoms. The van der Waals surface area contributed by atoms with E-state index in [0.717, 1.165) is 17.8 Å². The third kappa shape index (κ3) is 3.70. The minimum absolute atomic E-state index is 0.167. The molecule has 0 unspecified atom stereocenters. The number of aromatic nitrogens is 2. The topological polar surface area (TPSA) is 80.9 Å². The number of anilines is 1. The molecule has 3 N–H and O–H groups in total. The van der Waals surface area contributed by atoms with Crippen LogP contribution in [0, 0.1) is 12.3 Å². The number of rotatable bonds is 7. The lowest BCUT2D eigenvalue weighted by Crippen LogP contribution is -2.46. The van der Waals surface area contributed by atoms with Crippen LogP contribution in [0.4, 0.5) is 5.13 Å². The molecule has 0 atom stereocenters. The third-order valence-electron chi connectivity index (χ3n) is 3.01. The minimum atomic E-state index is -0.779. The Morgan fingerprint density at radius 2 is 1.95 bits per heavy atom. The molecule has 19 heavy (non-hydrogen) atoms. The minimum Gasteiger partial charge on any atom is -0.392 e. The van der Waals surface area contributed by atoms with E-state index in [1.165, 1.54) is 11.3 Å². The SMILES string of the molecule is CCCC(CCC)(C(=O)Nc1nnc(C)s1)C(N)=S. The molecular formula is C12H20N4OS2. The van der Waals surface area contributed by atoms with Crippen molar-refractivity contribution in [2.45, 2.75) is 46.5 Å². The van der Waals surface area contributed by atoms with E-state index in [9.17, 15) is 4.79 Å². The normalized spacial score (nSPS) is 11.3. The van der Waals surface area contributed by atoms with Crippen LogP contribution in [0.3, 0.4) is 0 Å². The van der Waals surface area contributed by atoms with Crippen LogP contribution in [-0.2, 0) is 4.79 Å². The number of nitrogens with zero attached hydrogens (tertiary/aromatic N) is 2. The highest BCUT2D eigenvalue weighted by molar-refractivity contribution is 7.80. The van der Waals surface area contributed by atoms with Gasteiger partial charge in [-0.1, -0.05) is 50.2 Å². The second kappa shape index (κ2) is 6.91. The predicted molar refractivity (Wildman–Crippen MR) is 82.3 cm³/mol. The van der Waals surface area contributed by atoms with Crippen molar-refractivity contribution in [3.63, 3.8) is 0 Å². The fourth-order valence-electron chi connectivity index (χ4n) is 2.13. The lowest BCUT2D eigenvalue weighted by atomic mass is 9.78. The summed E-state index contributed by atoms with van der Waals surface area (Å²) < 4.78 is 0. The van der Waals surface area contributed by atoms with Crippen LogP contribution in [0.1, 0.15) is 44.5 Å². The Kier molecular flexibility index (Phi) is 5.81. The highest BCUT2D eigenvalue weighted by atomic mass is 32.1. The highest BCUT2D eigenvalue weighted by Crippen LogP contribution is 2.32.